The second-order valence-corrected chi connectivity index (χ2v) is 3.91. The van der Waals surface area contributed by atoms with Crippen LogP contribution in [0.4, 0.5) is 0 Å². The molecule has 0 amide bonds. The Balaban J connectivity index is 2.79. The minimum Gasteiger partial charge on any atom is -0.389 e. The Morgan fingerprint density at radius 1 is 0.941 bits per heavy atom. The van der Waals surface area contributed by atoms with Gasteiger partial charge in [0.25, 0.3) is 0 Å². The van der Waals surface area contributed by atoms with E-state index in [-0.39, 0.29) is 30.3 Å². The van der Waals surface area contributed by atoms with Gasteiger partial charge in [-0.3, -0.25) is 9.59 Å². The average molecular weight is 236 g/mol. The van der Waals surface area contributed by atoms with E-state index >= 15 is 0 Å². The second kappa shape index (κ2) is 6.93. The third-order valence-electron chi connectivity index (χ3n) is 2.57. The predicted molar refractivity (Wildman–Crippen MR) is 62.6 cm³/mol. The maximum Gasteiger partial charge on any atom is 0.158 e. The maximum absolute atomic E-state index is 11.2. The van der Waals surface area contributed by atoms with Crippen molar-refractivity contribution < 1.29 is 19.8 Å². The Labute approximate surface area is 99.9 Å². The highest BCUT2D eigenvalue weighted by molar-refractivity contribution is 5.83. The molecule has 0 aliphatic carbocycles. The molecule has 0 atom stereocenters. The van der Waals surface area contributed by atoms with E-state index in [2.05, 4.69) is 0 Å². The molecule has 0 aliphatic rings. The highest BCUT2D eigenvalue weighted by Gasteiger charge is 2.18. The highest BCUT2D eigenvalue weighted by atomic mass is 16.3. The zero-order chi connectivity index (χ0) is 12.7. The van der Waals surface area contributed by atoms with Gasteiger partial charge in [-0.25, -0.2) is 0 Å². The first-order chi connectivity index (χ1) is 8.17. The van der Waals surface area contributed by atoms with Gasteiger partial charge in [-0.1, -0.05) is 30.3 Å². The lowest BCUT2D eigenvalue weighted by Gasteiger charge is -2.14. The summed E-state index contributed by atoms with van der Waals surface area (Å²) in [5.41, 5.74) is 0.871. The van der Waals surface area contributed by atoms with Crippen LogP contribution in [0.1, 0.15) is 24.3 Å². The van der Waals surface area contributed by atoms with Crippen LogP contribution in [-0.2, 0) is 9.59 Å². The van der Waals surface area contributed by atoms with Crippen molar-refractivity contribution in [3.8, 4) is 0 Å². The van der Waals surface area contributed by atoms with Gasteiger partial charge in [0, 0.05) is 12.8 Å². The molecule has 0 radical (unpaired) electrons. The number of hydrogen-bond acceptors (Lipinski definition) is 4. The maximum atomic E-state index is 11.2. The topological polar surface area (TPSA) is 74.6 Å². The summed E-state index contributed by atoms with van der Waals surface area (Å²) in [6, 6.07) is 9.17. The first kappa shape index (κ1) is 13.5. The first-order valence-electron chi connectivity index (χ1n) is 5.47. The van der Waals surface area contributed by atoms with Crippen LogP contribution in [0.25, 0.3) is 0 Å². The molecule has 0 bridgehead atoms. The lowest BCUT2D eigenvalue weighted by atomic mass is 9.89. The molecule has 1 aromatic rings. The Bertz CT molecular complexity index is 354. The zero-order valence-electron chi connectivity index (χ0n) is 9.50. The van der Waals surface area contributed by atoms with E-state index < -0.39 is 13.2 Å². The monoisotopic (exact) mass is 236 g/mol. The molecule has 0 aliphatic heterocycles. The lowest BCUT2D eigenvalue weighted by Crippen LogP contribution is -2.15. The van der Waals surface area contributed by atoms with E-state index in [0.717, 1.165) is 5.56 Å². The lowest BCUT2D eigenvalue weighted by molar-refractivity contribution is -0.123. The van der Waals surface area contributed by atoms with Gasteiger partial charge in [-0.15, -0.1) is 0 Å². The number of hydrogen-bond donors (Lipinski definition) is 2. The second-order valence-electron chi connectivity index (χ2n) is 3.91. The van der Waals surface area contributed by atoms with E-state index in [1.54, 1.807) is 0 Å². The molecule has 0 aromatic heterocycles. The molecule has 0 heterocycles. The standard InChI is InChI=1S/C13H16O4/c14-8-12(16)6-11(7-13(17)9-15)10-4-2-1-3-5-10/h1-5,11,14-15H,6-9H2. The summed E-state index contributed by atoms with van der Waals surface area (Å²) in [6.45, 7) is -1.03. The van der Waals surface area contributed by atoms with Crippen molar-refractivity contribution in [2.45, 2.75) is 18.8 Å². The van der Waals surface area contributed by atoms with E-state index in [0.29, 0.717) is 0 Å². The summed E-state index contributed by atoms with van der Waals surface area (Å²) in [5.74, 6) is -0.871. The van der Waals surface area contributed by atoms with Crippen LogP contribution >= 0.6 is 0 Å². The molecule has 0 saturated carbocycles. The van der Waals surface area contributed by atoms with E-state index in [4.69, 9.17) is 10.2 Å². The predicted octanol–water partition coefficient (Wildman–Crippen LogP) is 0.673. The van der Waals surface area contributed by atoms with Crippen LogP contribution in [0.3, 0.4) is 0 Å². The number of aliphatic hydroxyl groups is 2. The van der Waals surface area contributed by atoms with Crippen LogP contribution in [-0.4, -0.2) is 35.0 Å². The number of carbonyl (C=O) groups excluding carboxylic acids is 2. The minimum atomic E-state index is -0.517. The van der Waals surface area contributed by atoms with Crippen LogP contribution in [0, 0.1) is 0 Å². The number of aliphatic hydroxyl groups excluding tert-OH is 2. The first-order valence-corrected chi connectivity index (χ1v) is 5.47. The van der Waals surface area contributed by atoms with Crippen molar-refractivity contribution in [3.63, 3.8) is 0 Å². The van der Waals surface area contributed by atoms with Crippen LogP contribution in [0.2, 0.25) is 0 Å². The SMILES string of the molecule is O=C(CO)CC(CC(=O)CO)c1ccccc1. The number of rotatable bonds is 7. The van der Waals surface area contributed by atoms with Gasteiger partial charge in [-0.05, 0) is 11.5 Å². The third kappa shape index (κ3) is 4.46. The average Bonchev–Trinajstić information content (AvgIpc) is 2.38. The Morgan fingerprint density at radius 3 is 1.82 bits per heavy atom. The number of carbonyl (C=O) groups is 2. The zero-order valence-corrected chi connectivity index (χ0v) is 9.50. The normalized spacial score (nSPS) is 10.5. The summed E-state index contributed by atoms with van der Waals surface area (Å²) >= 11 is 0. The van der Waals surface area contributed by atoms with Crippen molar-refractivity contribution in [2.24, 2.45) is 0 Å². The molecule has 1 rings (SSSR count). The molecule has 0 spiro atoms. The Kier molecular flexibility index (Phi) is 5.52. The Hall–Kier alpha value is -1.52. The van der Waals surface area contributed by atoms with Crippen molar-refractivity contribution in [1.29, 1.82) is 0 Å². The fourth-order valence-electron chi connectivity index (χ4n) is 1.71. The van der Waals surface area contributed by atoms with Gasteiger partial charge < -0.3 is 10.2 Å². The van der Waals surface area contributed by atoms with Crippen LogP contribution < -0.4 is 0 Å². The summed E-state index contributed by atoms with van der Waals surface area (Å²) in [4.78, 5) is 22.5. The molecule has 0 unspecified atom stereocenters. The molecule has 2 N–H and O–H groups in total. The van der Waals surface area contributed by atoms with E-state index in [1.165, 1.54) is 0 Å². The van der Waals surface area contributed by atoms with Crippen LogP contribution in [0.5, 0.6) is 0 Å². The fraction of sp³-hybridized carbons (Fsp3) is 0.385. The van der Waals surface area contributed by atoms with Gasteiger partial charge in [0.05, 0.1) is 0 Å². The molecule has 92 valence electrons. The van der Waals surface area contributed by atoms with E-state index in [9.17, 15) is 9.59 Å². The molecule has 4 nitrogen and oxygen atoms in total. The van der Waals surface area contributed by atoms with Crippen LogP contribution in [0.15, 0.2) is 30.3 Å². The fourth-order valence-corrected chi connectivity index (χ4v) is 1.71. The Morgan fingerprint density at radius 2 is 1.41 bits per heavy atom. The molecule has 0 fully saturated rings. The highest BCUT2D eigenvalue weighted by Crippen LogP contribution is 2.23. The van der Waals surface area contributed by atoms with Gasteiger partial charge in [0.2, 0.25) is 0 Å². The summed E-state index contributed by atoms with van der Waals surface area (Å²) in [7, 11) is 0. The number of benzene rings is 1. The quantitative estimate of drug-likeness (QED) is 0.729. The molecule has 0 saturated heterocycles. The minimum absolute atomic E-state index is 0.117. The smallest absolute Gasteiger partial charge is 0.158 e. The van der Waals surface area contributed by atoms with Gasteiger partial charge in [0.1, 0.15) is 13.2 Å². The summed E-state index contributed by atoms with van der Waals surface area (Å²) < 4.78 is 0. The molecule has 1 aromatic carbocycles. The van der Waals surface area contributed by atoms with Gasteiger partial charge in [0.15, 0.2) is 11.6 Å². The summed E-state index contributed by atoms with van der Waals surface area (Å²) in [6.07, 6.45) is 0.235. The van der Waals surface area contributed by atoms with Gasteiger partial charge >= 0.3 is 0 Å². The van der Waals surface area contributed by atoms with Crippen molar-refractivity contribution >= 4 is 11.6 Å². The van der Waals surface area contributed by atoms with Gasteiger partial charge in [-0.2, -0.15) is 0 Å². The molecule has 4 heteroatoms. The van der Waals surface area contributed by atoms with Crippen molar-refractivity contribution in [1.82, 2.24) is 0 Å². The van der Waals surface area contributed by atoms with Crippen molar-refractivity contribution in [2.75, 3.05) is 13.2 Å². The van der Waals surface area contributed by atoms with Crippen molar-refractivity contribution in [3.05, 3.63) is 35.9 Å². The van der Waals surface area contributed by atoms with E-state index in [1.807, 2.05) is 30.3 Å². The molecular formula is C13H16O4. The number of Topliss-reactive ketones (excluding diaryl/α,β-unsaturated/α-hetero) is 2. The molecular weight excluding hydrogens is 220 g/mol. The largest absolute Gasteiger partial charge is 0.389 e. The number of ketones is 2. The summed E-state index contributed by atoms with van der Waals surface area (Å²) in [5, 5.41) is 17.5. The molecule has 17 heavy (non-hydrogen) atoms. The third-order valence-corrected chi connectivity index (χ3v) is 2.57.